The molecule has 0 rings (SSSR count). The van der Waals surface area contributed by atoms with E-state index in [-0.39, 0.29) is 12.2 Å². The van der Waals surface area contributed by atoms with Crippen LogP contribution in [0.15, 0.2) is 12.2 Å². The van der Waals surface area contributed by atoms with Crippen LogP contribution in [0.2, 0.25) is 0 Å². The molecular weight excluding hydrogens is 140 g/mol. The molecule has 0 unspecified atom stereocenters. The van der Waals surface area contributed by atoms with Crippen LogP contribution >= 0.6 is 0 Å². The normalized spacial score (nSPS) is 17.1. The number of aliphatic hydroxyl groups is 1. The first kappa shape index (κ1) is 10.7. The van der Waals surface area contributed by atoms with Crippen molar-refractivity contribution in [2.24, 2.45) is 0 Å². The minimum absolute atomic E-state index is 0.232. The lowest BCUT2D eigenvalue weighted by Gasteiger charge is -2.04. The summed E-state index contributed by atoms with van der Waals surface area (Å²) in [6, 6.07) is 0. The van der Waals surface area contributed by atoms with E-state index in [2.05, 4.69) is 0 Å². The number of ether oxygens (including phenoxy) is 1. The van der Waals surface area contributed by atoms with Gasteiger partial charge in [0.15, 0.2) is 0 Å². The van der Waals surface area contributed by atoms with Gasteiger partial charge in [-0.1, -0.05) is 12.2 Å². The molecule has 0 aromatic heterocycles. The molecule has 0 aliphatic carbocycles. The molecule has 1 N–H and O–H groups in total. The summed E-state index contributed by atoms with van der Waals surface area (Å²) in [5.74, 6) is 0. The molecule has 11 heavy (non-hydrogen) atoms. The molecule has 0 aliphatic heterocycles. The molecule has 0 aliphatic rings. The number of hydrogen-bond donors (Lipinski definition) is 1. The lowest BCUT2D eigenvalue weighted by Crippen LogP contribution is -2.02. The molecule has 0 saturated carbocycles. The van der Waals surface area contributed by atoms with Crippen molar-refractivity contribution in [2.45, 2.75) is 38.9 Å². The first-order valence-electron chi connectivity index (χ1n) is 4.02. The second-order valence-electron chi connectivity index (χ2n) is 2.84. The van der Waals surface area contributed by atoms with Crippen LogP contribution in [0.3, 0.4) is 0 Å². The molecule has 0 fully saturated rings. The van der Waals surface area contributed by atoms with E-state index in [1.807, 2.05) is 19.1 Å². The highest BCUT2D eigenvalue weighted by Crippen LogP contribution is 1.98. The molecule has 0 saturated heterocycles. The van der Waals surface area contributed by atoms with Gasteiger partial charge in [-0.05, 0) is 26.7 Å². The average molecular weight is 158 g/mol. The van der Waals surface area contributed by atoms with Crippen molar-refractivity contribution in [1.29, 1.82) is 0 Å². The van der Waals surface area contributed by atoms with E-state index in [1.54, 1.807) is 14.0 Å². The maximum absolute atomic E-state index is 8.89. The van der Waals surface area contributed by atoms with Gasteiger partial charge >= 0.3 is 0 Å². The zero-order valence-electron chi connectivity index (χ0n) is 7.58. The van der Waals surface area contributed by atoms with Crippen molar-refractivity contribution in [3.05, 3.63) is 12.2 Å². The van der Waals surface area contributed by atoms with Crippen LogP contribution < -0.4 is 0 Å². The van der Waals surface area contributed by atoms with E-state index in [9.17, 15) is 0 Å². The van der Waals surface area contributed by atoms with Gasteiger partial charge in [-0.25, -0.2) is 0 Å². The Morgan fingerprint density at radius 1 is 1.27 bits per heavy atom. The molecule has 0 aromatic rings. The Hall–Kier alpha value is -0.340. The molecule has 66 valence electrons. The van der Waals surface area contributed by atoms with Crippen LogP contribution in [0, 0.1) is 0 Å². The Kier molecular flexibility index (Phi) is 6.18. The van der Waals surface area contributed by atoms with Crippen LogP contribution in [-0.2, 0) is 4.74 Å². The SMILES string of the molecule is CO[C@H](C)C/C=C\C[C@H](C)O. The lowest BCUT2D eigenvalue weighted by atomic mass is 10.2. The summed E-state index contributed by atoms with van der Waals surface area (Å²) in [6.07, 6.45) is 5.73. The van der Waals surface area contributed by atoms with Crippen molar-refractivity contribution < 1.29 is 9.84 Å². The lowest BCUT2D eigenvalue weighted by molar-refractivity contribution is 0.121. The third-order valence-corrected chi connectivity index (χ3v) is 1.51. The Morgan fingerprint density at radius 3 is 2.27 bits per heavy atom. The summed E-state index contributed by atoms with van der Waals surface area (Å²) < 4.78 is 5.04. The fourth-order valence-electron chi connectivity index (χ4n) is 0.677. The summed E-state index contributed by atoms with van der Waals surface area (Å²) in [5.41, 5.74) is 0. The molecular formula is C9H18O2. The highest BCUT2D eigenvalue weighted by molar-refractivity contribution is 4.84. The number of hydrogen-bond acceptors (Lipinski definition) is 2. The standard InChI is InChI=1S/C9H18O2/c1-8(10)6-4-5-7-9(2)11-3/h4-5,8-10H,6-7H2,1-3H3/b5-4-/t8-,9+/m0/s1. The molecule has 0 aromatic carbocycles. The van der Waals surface area contributed by atoms with E-state index in [0.29, 0.717) is 0 Å². The van der Waals surface area contributed by atoms with Crippen LogP contribution in [0.4, 0.5) is 0 Å². The van der Waals surface area contributed by atoms with Gasteiger partial charge < -0.3 is 9.84 Å². The number of methoxy groups -OCH3 is 1. The molecule has 0 radical (unpaired) electrons. The van der Waals surface area contributed by atoms with Crippen LogP contribution in [0.1, 0.15) is 26.7 Å². The summed E-state index contributed by atoms with van der Waals surface area (Å²) in [7, 11) is 1.70. The largest absolute Gasteiger partial charge is 0.393 e. The summed E-state index contributed by atoms with van der Waals surface area (Å²) >= 11 is 0. The maximum atomic E-state index is 8.89. The van der Waals surface area contributed by atoms with Crippen LogP contribution in [-0.4, -0.2) is 24.4 Å². The Bertz CT molecular complexity index is 108. The van der Waals surface area contributed by atoms with Crippen molar-refractivity contribution in [1.82, 2.24) is 0 Å². The minimum Gasteiger partial charge on any atom is -0.393 e. The van der Waals surface area contributed by atoms with Gasteiger partial charge in [-0.3, -0.25) is 0 Å². The maximum Gasteiger partial charge on any atom is 0.0577 e. The predicted molar refractivity (Wildman–Crippen MR) is 46.5 cm³/mol. The monoisotopic (exact) mass is 158 g/mol. The summed E-state index contributed by atoms with van der Waals surface area (Å²) in [5, 5.41) is 8.89. The third kappa shape index (κ3) is 7.56. The average Bonchev–Trinajstić information content (AvgIpc) is 1.97. The Balaban J connectivity index is 3.29. The molecule has 2 atom stereocenters. The third-order valence-electron chi connectivity index (χ3n) is 1.51. The van der Waals surface area contributed by atoms with E-state index >= 15 is 0 Å². The van der Waals surface area contributed by atoms with Gasteiger partial charge in [0.25, 0.3) is 0 Å². The minimum atomic E-state index is -0.232. The molecule has 0 amide bonds. The van der Waals surface area contributed by atoms with Crippen LogP contribution in [0.5, 0.6) is 0 Å². The molecule has 0 bridgehead atoms. The van der Waals surface area contributed by atoms with Gasteiger partial charge in [0, 0.05) is 7.11 Å². The number of aliphatic hydroxyl groups excluding tert-OH is 1. The first-order chi connectivity index (χ1) is 5.16. The van der Waals surface area contributed by atoms with Gasteiger partial charge in [0.1, 0.15) is 0 Å². The van der Waals surface area contributed by atoms with Crippen molar-refractivity contribution in [3.8, 4) is 0 Å². The zero-order valence-corrected chi connectivity index (χ0v) is 7.58. The Morgan fingerprint density at radius 2 is 1.82 bits per heavy atom. The van der Waals surface area contributed by atoms with Gasteiger partial charge in [0.05, 0.1) is 12.2 Å². The van der Waals surface area contributed by atoms with Gasteiger partial charge in [0.2, 0.25) is 0 Å². The van der Waals surface area contributed by atoms with Crippen LogP contribution in [0.25, 0.3) is 0 Å². The zero-order chi connectivity index (χ0) is 8.69. The van der Waals surface area contributed by atoms with Gasteiger partial charge in [-0.2, -0.15) is 0 Å². The predicted octanol–water partition coefficient (Wildman–Crippen LogP) is 1.74. The highest BCUT2D eigenvalue weighted by atomic mass is 16.5. The van der Waals surface area contributed by atoms with E-state index < -0.39 is 0 Å². The van der Waals surface area contributed by atoms with E-state index in [0.717, 1.165) is 12.8 Å². The highest BCUT2D eigenvalue weighted by Gasteiger charge is 1.94. The fraction of sp³-hybridized carbons (Fsp3) is 0.778. The topological polar surface area (TPSA) is 29.5 Å². The van der Waals surface area contributed by atoms with E-state index in [1.165, 1.54) is 0 Å². The number of rotatable bonds is 5. The summed E-state index contributed by atoms with van der Waals surface area (Å²) in [6.45, 7) is 3.80. The van der Waals surface area contributed by atoms with Gasteiger partial charge in [-0.15, -0.1) is 0 Å². The molecule has 0 heterocycles. The van der Waals surface area contributed by atoms with Crippen molar-refractivity contribution in [2.75, 3.05) is 7.11 Å². The second-order valence-corrected chi connectivity index (χ2v) is 2.84. The second kappa shape index (κ2) is 6.38. The Labute approximate surface area is 68.9 Å². The quantitative estimate of drug-likeness (QED) is 0.617. The molecule has 2 nitrogen and oxygen atoms in total. The first-order valence-corrected chi connectivity index (χ1v) is 4.02. The molecule has 2 heteroatoms. The summed E-state index contributed by atoms with van der Waals surface area (Å²) in [4.78, 5) is 0. The van der Waals surface area contributed by atoms with E-state index in [4.69, 9.17) is 9.84 Å². The fourth-order valence-corrected chi connectivity index (χ4v) is 0.677. The molecule has 0 spiro atoms. The smallest absolute Gasteiger partial charge is 0.0577 e. The van der Waals surface area contributed by atoms with Crippen molar-refractivity contribution >= 4 is 0 Å². The van der Waals surface area contributed by atoms with Crippen molar-refractivity contribution in [3.63, 3.8) is 0 Å².